The first-order valence-electron chi connectivity index (χ1n) is 15.9. The van der Waals surface area contributed by atoms with Crippen molar-refractivity contribution in [1.82, 2.24) is 19.5 Å². The van der Waals surface area contributed by atoms with Gasteiger partial charge in [0.05, 0.1) is 16.6 Å². The Balaban J connectivity index is 1.47. The van der Waals surface area contributed by atoms with Gasteiger partial charge in [0.1, 0.15) is 0 Å². The van der Waals surface area contributed by atoms with Crippen molar-refractivity contribution < 1.29 is 13.2 Å². The Morgan fingerprint density at radius 1 is 0.469 bits per heavy atom. The summed E-state index contributed by atoms with van der Waals surface area (Å²) in [6, 6.07) is 43.0. The summed E-state index contributed by atoms with van der Waals surface area (Å²) in [5, 5.41) is 2.18. The maximum absolute atomic E-state index is 14.5. The second kappa shape index (κ2) is 11.9. The molecular formula is C42H29F3N4. The third kappa shape index (κ3) is 5.53. The Kier molecular flexibility index (Phi) is 7.33. The van der Waals surface area contributed by atoms with Crippen molar-refractivity contribution >= 4 is 21.8 Å². The van der Waals surface area contributed by atoms with E-state index in [0.717, 1.165) is 55.8 Å². The summed E-state index contributed by atoms with van der Waals surface area (Å²) in [6.07, 6.45) is -4.57. The van der Waals surface area contributed by atoms with Crippen LogP contribution in [0, 0.1) is 13.8 Å². The number of fused-ring (bicyclic) bond motifs is 3. The average molecular weight is 647 g/mol. The van der Waals surface area contributed by atoms with E-state index in [-0.39, 0.29) is 11.4 Å². The fourth-order valence-electron chi connectivity index (χ4n) is 6.50. The number of hydrogen-bond donors (Lipinski definition) is 0. The van der Waals surface area contributed by atoms with Crippen molar-refractivity contribution in [1.29, 1.82) is 0 Å². The Labute approximate surface area is 281 Å². The monoisotopic (exact) mass is 646 g/mol. The highest BCUT2D eigenvalue weighted by molar-refractivity contribution is 6.09. The van der Waals surface area contributed by atoms with Gasteiger partial charge in [-0.05, 0) is 66.4 Å². The molecule has 8 aromatic rings. The van der Waals surface area contributed by atoms with Crippen molar-refractivity contribution in [3.63, 3.8) is 0 Å². The highest BCUT2D eigenvalue weighted by atomic mass is 19.4. The van der Waals surface area contributed by atoms with Crippen LogP contribution in [0.1, 0.15) is 16.7 Å². The minimum absolute atomic E-state index is 0.0494. The molecule has 0 spiro atoms. The standard InChI is InChI=1S/C42H29F3N4/c1-26-17-20-33-34-21-18-27(2)24-38(34)49(37(33)23-26)30-19-22-31(32-15-9-10-16-36(32)42(43,44)45)35(25-30)41-47-39(28-11-5-3-6-12-28)46-40(48-41)29-13-7-4-8-14-29/h3-25H,1-2H3. The van der Waals surface area contributed by atoms with Gasteiger partial charge in [-0.25, -0.2) is 15.0 Å². The van der Waals surface area contributed by atoms with Crippen LogP contribution >= 0.6 is 0 Å². The van der Waals surface area contributed by atoms with Crippen LogP contribution in [-0.4, -0.2) is 19.5 Å². The first-order valence-corrected chi connectivity index (χ1v) is 15.9. The fraction of sp³-hybridized carbons (Fsp3) is 0.0714. The van der Waals surface area contributed by atoms with E-state index >= 15 is 0 Å². The maximum Gasteiger partial charge on any atom is 0.417 e. The lowest BCUT2D eigenvalue weighted by Crippen LogP contribution is -2.08. The molecule has 0 saturated carbocycles. The zero-order chi connectivity index (χ0) is 33.7. The van der Waals surface area contributed by atoms with Gasteiger partial charge in [0.25, 0.3) is 0 Å². The minimum atomic E-state index is -4.57. The molecule has 6 aromatic carbocycles. The highest BCUT2D eigenvalue weighted by Gasteiger charge is 2.34. The van der Waals surface area contributed by atoms with Crippen LogP contribution in [0.3, 0.4) is 0 Å². The number of aromatic nitrogens is 4. The summed E-state index contributed by atoms with van der Waals surface area (Å²) in [5.74, 6) is 1.12. The van der Waals surface area contributed by atoms with Crippen LogP contribution in [0.5, 0.6) is 0 Å². The second-order valence-corrected chi connectivity index (χ2v) is 12.2. The number of benzene rings is 6. The summed E-state index contributed by atoms with van der Waals surface area (Å²) in [5.41, 5.74) is 6.67. The summed E-state index contributed by atoms with van der Waals surface area (Å²) < 4.78 is 45.7. The van der Waals surface area contributed by atoms with Crippen LogP contribution in [-0.2, 0) is 6.18 Å². The molecule has 0 unspecified atom stereocenters. The van der Waals surface area contributed by atoms with Crippen molar-refractivity contribution in [3.05, 3.63) is 156 Å². The molecule has 49 heavy (non-hydrogen) atoms. The van der Waals surface area contributed by atoms with E-state index < -0.39 is 11.7 Å². The largest absolute Gasteiger partial charge is 0.417 e. The highest BCUT2D eigenvalue weighted by Crippen LogP contribution is 2.42. The molecule has 0 radical (unpaired) electrons. The number of rotatable bonds is 5. The van der Waals surface area contributed by atoms with E-state index in [4.69, 9.17) is 15.0 Å². The van der Waals surface area contributed by atoms with Gasteiger partial charge in [-0.3, -0.25) is 0 Å². The molecule has 8 rings (SSSR count). The van der Waals surface area contributed by atoms with Crippen molar-refractivity contribution in [2.45, 2.75) is 20.0 Å². The van der Waals surface area contributed by atoms with Crippen LogP contribution in [0.15, 0.2) is 140 Å². The number of aryl methyl sites for hydroxylation is 2. The van der Waals surface area contributed by atoms with Gasteiger partial charge >= 0.3 is 6.18 Å². The molecule has 0 fully saturated rings. The fourth-order valence-corrected chi connectivity index (χ4v) is 6.50. The maximum atomic E-state index is 14.5. The predicted octanol–water partition coefficient (Wildman–Crippen LogP) is 11.3. The van der Waals surface area contributed by atoms with Gasteiger partial charge in [-0.15, -0.1) is 0 Å². The lowest BCUT2D eigenvalue weighted by molar-refractivity contribution is -0.137. The molecule has 4 nitrogen and oxygen atoms in total. The van der Waals surface area contributed by atoms with Crippen LogP contribution in [0.25, 0.3) is 72.8 Å². The predicted molar refractivity (Wildman–Crippen MR) is 190 cm³/mol. The first kappa shape index (κ1) is 30.3. The lowest BCUT2D eigenvalue weighted by Gasteiger charge is -2.18. The Morgan fingerprint density at radius 2 is 0.980 bits per heavy atom. The van der Waals surface area contributed by atoms with Crippen molar-refractivity contribution in [2.24, 2.45) is 0 Å². The SMILES string of the molecule is Cc1ccc2c3ccc(C)cc3n(-c3ccc(-c4ccccc4C(F)(F)F)c(-c4nc(-c5ccccc5)nc(-c5ccccc5)n4)c3)c2c1. The summed E-state index contributed by atoms with van der Waals surface area (Å²) in [4.78, 5) is 14.7. The smallest absolute Gasteiger partial charge is 0.309 e. The molecule has 0 saturated heterocycles. The molecule has 0 N–H and O–H groups in total. The van der Waals surface area contributed by atoms with E-state index in [1.807, 2.05) is 72.8 Å². The van der Waals surface area contributed by atoms with Gasteiger partial charge in [0.2, 0.25) is 0 Å². The third-order valence-electron chi connectivity index (χ3n) is 8.80. The minimum Gasteiger partial charge on any atom is -0.309 e. The zero-order valence-corrected chi connectivity index (χ0v) is 26.7. The Bertz CT molecular complexity index is 2380. The van der Waals surface area contributed by atoms with Crippen molar-refractivity contribution in [3.8, 4) is 51.0 Å². The number of halogens is 3. The molecule has 0 aliphatic heterocycles. The van der Waals surface area contributed by atoms with Crippen molar-refractivity contribution in [2.75, 3.05) is 0 Å². The zero-order valence-electron chi connectivity index (χ0n) is 26.7. The van der Waals surface area contributed by atoms with E-state index in [9.17, 15) is 13.2 Å². The quantitative estimate of drug-likeness (QED) is 0.187. The van der Waals surface area contributed by atoms with Gasteiger partial charge in [0, 0.05) is 33.2 Å². The van der Waals surface area contributed by atoms with E-state index in [0.29, 0.717) is 22.8 Å². The van der Waals surface area contributed by atoms with Gasteiger partial charge in [0.15, 0.2) is 17.5 Å². The van der Waals surface area contributed by atoms with Gasteiger partial charge < -0.3 is 4.57 Å². The molecule has 238 valence electrons. The number of hydrogen-bond acceptors (Lipinski definition) is 3. The molecule has 0 aliphatic rings. The van der Waals surface area contributed by atoms with Crippen LogP contribution in [0.4, 0.5) is 13.2 Å². The van der Waals surface area contributed by atoms with E-state index in [1.54, 1.807) is 12.1 Å². The average Bonchev–Trinajstić information content (AvgIpc) is 3.43. The third-order valence-corrected chi connectivity index (χ3v) is 8.80. The number of alkyl halides is 3. The molecule has 0 amide bonds. The van der Waals surface area contributed by atoms with Gasteiger partial charge in [-0.1, -0.05) is 109 Å². The summed E-state index contributed by atoms with van der Waals surface area (Å²) >= 11 is 0. The van der Waals surface area contributed by atoms with Gasteiger partial charge in [-0.2, -0.15) is 13.2 Å². The van der Waals surface area contributed by atoms with E-state index in [1.165, 1.54) is 12.1 Å². The topological polar surface area (TPSA) is 43.6 Å². The first-order chi connectivity index (χ1) is 23.7. The normalized spacial score (nSPS) is 11.8. The molecule has 0 aliphatic carbocycles. The molecule has 7 heteroatoms. The Morgan fingerprint density at radius 3 is 1.53 bits per heavy atom. The molecular weight excluding hydrogens is 617 g/mol. The second-order valence-electron chi connectivity index (χ2n) is 12.2. The summed E-state index contributed by atoms with van der Waals surface area (Å²) in [6.45, 7) is 4.10. The summed E-state index contributed by atoms with van der Waals surface area (Å²) in [7, 11) is 0. The van der Waals surface area contributed by atoms with Crippen LogP contribution < -0.4 is 0 Å². The molecule has 0 atom stereocenters. The molecule has 0 bridgehead atoms. The Hall–Kier alpha value is -6.08. The number of nitrogens with zero attached hydrogens (tertiary/aromatic N) is 4. The van der Waals surface area contributed by atoms with E-state index in [2.05, 4.69) is 54.8 Å². The molecule has 2 aromatic heterocycles. The van der Waals surface area contributed by atoms with Crippen LogP contribution in [0.2, 0.25) is 0 Å². The molecule has 2 heterocycles. The lowest BCUT2D eigenvalue weighted by atomic mass is 9.94.